The van der Waals surface area contributed by atoms with Crippen molar-refractivity contribution >= 4 is 38.4 Å². The minimum Gasteiger partial charge on any atom is -0.347 e. The number of nitrogens with zero attached hydrogens (tertiary/aromatic N) is 3. The summed E-state index contributed by atoms with van der Waals surface area (Å²) < 4.78 is 1.90. The topological polar surface area (TPSA) is 120 Å². The maximum atomic E-state index is 13.0. The lowest BCUT2D eigenvalue weighted by Gasteiger charge is -2.05. The first-order valence-electron chi connectivity index (χ1n) is 9.96. The van der Waals surface area contributed by atoms with Crippen LogP contribution in [0.3, 0.4) is 0 Å². The van der Waals surface area contributed by atoms with Crippen molar-refractivity contribution in [2.24, 2.45) is 5.73 Å². The van der Waals surface area contributed by atoms with Crippen LogP contribution in [-0.2, 0) is 6.54 Å². The molecule has 0 fully saturated rings. The number of non-ortho nitro benzene ring substituents is 1. The number of nitro groups is 1. The summed E-state index contributed by atoms with van der Waals surface area (Å²) in [5.74, 6) is 0. The molecule has 0 atom stereocenters. The van der Waals surface area contributed by atoms with Crippen LogP contribution in [0.15, 0.2) is 65.6 Å². The van der Waals surface area contributed by atoms with Crippen LogP contribution in [0.5, 0.6) is 0 Å². The van der Waals surface area contributed by atoms with Gasteiger partial charge in [0, 0.05) is 41.2 Å². The predicted molar refractivity (Wildman–Crippen MR) is 121 cm³/mol. The van der Waals surface area contributed by atoms with Gasteiger partial charge in [-0.1, -0.05) is 30.3 Å². The zero-order valence-electron chi connectivity index (χ0n) is 16.5. The Hall–Kier alpha value is -4.04. The van der Waals surface area contributed by atoms with Crippen LogP contribution in [0.2, 0.25) is 0 Å². The Morgan fingerprint density at radius 3 is 2.74 bits per heavy atom. The van der Waals surface area contributed by atoms with Crippen LogP contribution in [0.25, 0.3) is 44.0 Å². The molecule has 0 aliphatic carbocycles. The Bertz CT molecular complexity index is 1530. The summed E-state index contributed by atoms with van der Waals surface area (Å²) in [6.45, 7) is 1.08. The predicted octanol–water partition coefficient (Wildman–Crippen LogP) is 3.96. The lowest BCUT2D eigenvalue weighted by atomic mass is 10.1. The van der Waals surface area contributed by atoms with E-state index in [1.165, 1.54) is 12.1 Å². The van der Waals surface area contributed by atoms with Gasteiger partial charge in [0.2, 0.25) is 0 Å². The van der Waals surface area contributed by atoms with E-state index < -0.39 is 4.92 Å². The van der Waals surface area contributed by atoms with Crippen molar-refractivity contribution in [1.29, 1.82) is 0 Å². The summed E-state index contributed by atoms with van der Waals surface area (Å²) in [7, 11) is 0. The number of hydrogen-bond donors (Lipinski definition) is 2. The fourth-order valence-corrected chi connectivity index (χ4v) is 4.03. The molecule has 0 unspecified atom stereocenters. The molecule has 8 heteroatoms. The lowest BCUT2D eigenvalue weighted by molar-refractivity contribution is -0.384. The molecule has 2 aromatic heterocycles. The molecule has 3 aromatic carbocycles. The summed E-state index contributed by atoms with van der Waals surface area (Å²) in [5.41, 5.74) is 8.33. The van der Waals surface area contributed by atoms with Gasteiger partial charge < -0.3 is 15.3 Å². The number of H-pyrrole nitrogens is 1. The average molecular weight is 413 g/mol. The third kappa shape index (κ3) is 3.13. The molecule has 0 amide bonds. The maximum absolute atomic E-state index is 13.0. The van der Waals surface area contributed by atoms with E-state index >= 15 is 0 Å². The van der Waals surface area contributed by atoms with Crippen molar-refractivity contribution in [3.8, 4) is 11.3 Å². The van der Waals surface area contributed by atoms with Gasteiger partial charge in [0.25, 0.3) is 11.2 Å². The smallest absolute Gasteiger partial charge is 0.275 e. The first kappa shape index (κ1) is 19.0. The molecule has 0 spiro atoms. The van der Waals surface area contributed by atoms with Crippen LogP contribution in [0, 0.1) is 10.1 Å². The second-order valence-electron chi connectivity index (χ2n) is 7.43. The highest BCUT2D eigenvalue weighted by atomic mass is 16.6. The number of benzene rings is 3. The summed E-state index contributed by atoms with van der Waals surface area (Å²) in [6.07, 6.45) is 2.54. The van der Waals surface area contributed by atoms with Gasteiger partial charge in [-0.05, 0) is 30.5 Å². The van der Waals surface area contributed by atoms with E-state index in [9.17, 15) is 14.9 Å². The van der Waals surface area contributed by atoms with Crippen LogP contribution in [0.1, 0.15) is 6.42 Å². The number of hydrogen-bond acceptors (Lipinski definition) is 5. The van der Waals surface area contributed by atoms with Gasteiger partial charge in [0.15, 0.2) is 0 Å². The molecule has 5 rings (SSSR count). The standard InChI is InChI=1S/C23H19N5O3/c24-10-3-11-27-13-18(17-8-7-15(28(30)31)12-20(17)27)22-23(29)25-19-9-6-14-4-1-2-5-16(14)21(19)26-22/h1-2,4-9,12-13H,3,10-11,24H2,(H,25,29). The maximum Gasteiger partial charge on any atom is 0.275 e. The van der Waals surface area contributed by atoms with Gasteiger partial charge >= 0.3 is 0 Å². The number of nitrogens with one attached hydrogen (secondary N) is 1. The Balaban J connectivity index is 1.80. The quantitative estimate of drug-likeness (QED) is 0.257. The third-order valence-electron chi connectivity index (χ3n) is 5.52. The molecule has 0 saturated heterocycles. The molecule has 3 N–H and O–H groups in total. The van der Waals surface area contributed by atoms with E-state index in [0.717, 1.165) is 16.2 Å². The van der Waals surface area contributed by atoms with Crippen LogP contribution in [0.4, 0.5) is 5.69 Å². The fourth-order valence-electron chi connectivity index (χ4n) is 4.03. The zero-order chi connectivity index (χ0) is 21.5. The first-order chi connectivity index (χ1) is 15.1. The van der Waals surface area contributed by atoms with Crippen molar-refractivity contribution in [3.63, 3.8) is 0 Å². The van der Waals surface area contributed by atoms with Crippen molar-refractivity contribution in [3.05, 3.63) is 81.3 Å². The van der Waals surface area contributed by atoms with Gasteiger partial charge in [-0.25, -0.2) is 4.98 Å². The van der Waals surface area contributed by atoms with E-state index in [0.29, 0.717) is 41.6 Å². The number of aromatic nitrogens is 3. The monoisotopic (exact) mass is 413 g/mol. The molecule has 0 bridgehead atoms. The molecule has 0 saturated carbocycles. The highest BCUT2D eigenvalue weighted by Gasteiger charge is 2.18. The Morgan fingerprint density at radius 2 is 1.94 bits per heavy atom. The summed E-state index contributed by atoms with van der Waals surface area (Å²) >= 11 is 0. The van der Waals surface area contributed by atoms with Gasteiger partial charge in [0.05, 0.1) is 21.5 Å². The van der Waals surface area contributed by atoms with E-state index in [2.05, 4.69) is 4.98 Å². The highest BCUT2D eigenvalue weighted by Crippen LogP contribution is 2.32. The Kier molecular flexibility index (Phi) is 4.48. The largest absolute Gasteiger partial charge is 0.347 e. The van der Waals surface area contributed by atoms with E-state index in [1.807, 2.05) is 47.2 Å². The summed E-state index contributed by atoms with van der Waals surface area (Å²) in [4.78, 5) is 31.5. The Morgan fingerprint density at radius 1 is 1.10 bits per heavy atom. The van der Waals surface area contributed by atoms with Crippen LogP contribution in [-0.4, -0.2) is 26.0 Å². The molecular formula is C23H19N5O3. The molecule has 0 radical (unpaired) electrons. The Labute approximate surface area is 176 Å². The fraction of sp³-hybridized carbons (Fsp3) is 0.130. The average Bonchev–Trinajstić information content (AvgIpc) is 3.14. The molecule has 8 nitrogen and oxygen atoms in total. The normalized spacial score (nSPS) is 11.5. The van der Waals surface area contributed by atoms with Gasteiger partial charge in [0.1, 0.15) is 5.69 Å². The highest BCUT2D eigenvalue weighted by molar-refractivity contribution is 6.05. The van der Waals surface area contributed by atoms with Crippen molar-refractivity contribution in [2.75, 3.05) is 6.54 Å². The van der Waals surface area contributed by atoms with Gasteiger partial charge in [-0.3, -0.25) is 14.9 Å². The molecule has 5 aromatic rings. The number of nitrogens with two attached hydrogens (primary N) is 1. The number of rotatable bonds is 5. The van der Waals surface area contributed by atoms with Crippen molar-refractivity contribution < 1.29 is 4.92 Å². The van der Waals surface area contributed by atoms with Gasteiger partial charge in [-0.2, -0.15) is 0 Å². The second-order valence-corrected chi connectivity index (χ2v) is 7.43. The molecule has 2 heterocycles. The molecular weight excluding hydrogens is 394 g/mol. The van der Waals surface area contributed by atoms with Crippen LogP contribution >= 0.6 is 0 Å². The zero-order valence-corrected chi connectivity index (χ0v) is 16.5. The number of nitro benzene ring substituents is 1. The SMILES string of the molecule is NCCCn1cc(-c2nc3c(ccc4ccccc43)[nH]c2=O)c2ccc([N+](=O)[O-])cc21. The lowest BCUT2D eigenvalue weighted by Crippen LogP contribution is -2.11. The van der Waals surface area contributed by atoms with Crippen molar-refractivity contribution in [1.82, 2.24) is 14.5 Å². The third-order valence-corrected chi connectivity index (χ3v) is 5.52. The molecule has 31 heavy (non-hydrogen) atoms. The minimum atomic E-state index is -0.424. The molecule has 0 aliphatic heterocycles. The van der Waals surface area contributed by atoms with Gasteiger partial charge in [-0.15, -0.1) is 0 Å². The summed E-state index contributed by atoms with van der Waals surface area (Å²) in [5, 5.41) is 14.0. The number of aromatic amines is 1. The first-order valence-corrected chi connectivity index (χ1v) is 9.96. The number of aryl methyl sites for hydroxylation is 1. The van der Waals surface area contributed by atoms with Crippen LogP contribution < -0.4 is 11.3 Å². The minimum absolute atomic E-state index is 0.00229. The molecule has 154 valence electrons. The van der Waals surface area contributed by atoms with E-state index in [-0.39, 0.29) is 16.9 Å². The number of fused-ring (bicyclic) bond motifs is 4. The van der Waals surface area contributed by atoms with E-state index in [4.69, 9.17) is 10.7 Å². The summed E-state index contributed by atoms with van der Waals surface area (Å²) in [6, 6.07) is 16.3. The van der Waals surface area contributed by atoms with Crippen molar-refractivity contribution in [2.45, 2.75) is 13.0 Å². The molecule has 0 aliphatic rings. The van der Waals surface area contributed by atoms with E-state index in [1.54, 1.807) is 6.07 Å². The second kappa shape index (κ2) is 7.33.